The fraction of sp³-hybridized carbons (Fsp3) is 0.182. The molecule has 1 N–H and O–H groups in total. The lowest BCUT2D eigenvalue weighted by Gasteiger charge is -2.54. The second-order valence-corrected chi connectivity index (χ2v) is 11.7. The van der Waals surface area contributed by atoms with Crippen LogP contribution < -0.4 is 10.1 Å². The number of nitrogens with zero attached hydrogens (tertiary/aromatic N) is 1. The van der Waals surface area contributed by atoms with E-state index < -0.39 is 33.4 Å². The van der Waals surface area contributed by atoms with Crippen LogP contribution in [0.3, 0.4) is 0 Å². The Morgan fingerprint density at radius 3 is 1.61 bits per heavy atom. The zero-order valence-electron chi connectivity index (χ0n) is 21.7. The Labute approximate surface area is 246 Å². The van der Waals surface area contributed by atoms with E-state index in [1.54, 1.807) is 24.3 Å². The summed E-state index contributed by atoms with van der Waals surface area (Å²) < 4.78 is 5.79. The van der Waals surface area contributed by atoms with Crippen LogP contribution in [0.25, 0.3) is 0 Å². The molecule has 0 saturated carbocycles. The van der Waals surface area contributed by atoms with E-state index in [-0.39, 0.29) is 18.9 Å². The number of imide groups is 1. The van der Waals surface area contributed by atoms with Crippen molar-refractivity contribution in [1.82, 2.24) is 4.90 Å². The van der Waals surface area contributed by atoms with Crippen LogP contribution in [0.1, 0.15) is 28.7 Å². The Morgan fingerprint density at radius 2 is 1.12 bits per heavy atom. The monoisotopic (exact) mass is 582 g/mol. The molecule has 6 nitrogen and oxygen atoms in total. The Balaban J connectivity index is 1.10. The van der Waals surface area contributed by atoms with Gasteiger partial charge in [0.05, 0.1) is 11.8 Å². The number of rotatable bonds is 6. The number of benzene rings is 4. The first-order valence-electron chi connectivity index (χ1n) is 13.4. The van der Waals surface area contributed by atoms with Crippen LogP contribution in [-0.4, -0.2) is 29.2 Å². The number of alkyl halides is 2. The number of para-hydroxylation sites is 1. The zero-order chi connectivity index (χ0) is 28.4. The molecule has 1 heterocycles. The van der Waals surface area contributed by atoms with Gasteiger partial charge in [-0.3, -0.25) is 19.3 Å². The summed E-state index contributed by atoms with van der Waals surface area (Å²) >= 11 is 14.9. The first-order valence-corrected chi connectivity index (χ1v) is 14.1. The van der Waals surface area contributed by atoms with E-state index in [1.165, 1.54) is 0 Å². The van der Waals surface area contributed by atoms with Crippen molar-refractivity contribution >= 4 is 46.6 Å². The lowest BCUT2D eigenvalue weighted by Crippen LogP contribution is -2.57. The molecule has 0 spiro atoms. The highest BCUT2D eigenvalue weighted by Crippen LogP contribution is 2.69. The summed E-state index contributed by atoms with van der Waals surface area (Å²) in [7, 11) is 0. The van der Waals surface area contributed by atoms with E-state index in [2.05, 4.69) is 5.32 Å². The van der Waals surface area contributed by atoms with Crippen LogP contribution in [0.4, 0.5) is 5.69 Å². The van der Waals surface area contributed by atoms with Crippen molar-refractivity contribution in [2.24, 2.45) is 11.8 Å². The normalized spacial score (nSPS) is 25.4. The fourth-order valence-electron chi connectivity index (χ4n) is 6.61. The minimum Gasteiger partial charge on any atom is -0.457 e. The zero-order valence-corrected chi connectivity index (χ0v) is 23.2. The van der Waals surface area contributed by atoms with E-state index >= 15 is 0 Å². The van der Waals surface area contributed by atoms with Crippen molar-refractivity contribution < 1.29 is 19.1 Å². The van der Waals surface area contributed by atoms with Gasteiger partial charge in [0.25, 0.3) is 0 Å². The van der Waals surface area contributed by atoms with Gasteiger partial charge < -0.3 is 10.1 Å². The Hall–Kier alpha value is -4.13. The van der Waals surface area contributed by atoms with Crippen LogP contribution in [-0.2, 0) is 24.1 Å². The van der Waals surface area contributed by atoms with Crippen LogP contribution in [0, 0.1) is 11.8 Å². The summed E-state index contributed by atoms with van der Waals surface area (Å²) in [6.45, 7) is -0.0711. The lowest BCUT2D eigenvalue weighted by atomic mass is 9.54. The van der Waals surface area contributed by atoms with Gasteiger partial charge in [-0.2, -0.15) is 0 Å². The lowest BCUT2D eigenvalue weighted by molar-refractivity contribution is -0.140. The maximum absolute atomic E-state index is 13.9. The van der Waals surface area contributed by atoms with Gasteiger partial charge in [0.1, 0.15) is 21.2 Å². The van der Waals surface area contributed by atoms with Crippen molar-refractivity contribution in [3.05, 3.63) is 125 Å². The standard InChI is InChI=1S/C33H24Cl2N2O4/c34-32-23-10-4-5-11-24(23)33(35,26-13-7-6-12-25(26)32)29-28(32)30(39)37(31(29)40)19-18-27(38)36-20-14-16-22(17-15-20)41-21-8-2-1-3-9-21/h1-17,28-29H,18-19H2,(H,36,38)/t28-,29+,32?,33?. The molecule has 204 valence electrons. The predicted molar refractivity (Wildman–Crippen MR) is 156 cm³/mol. The number of anilines is 1. The van der Waals surface area contributed by atoms with Gasteiger partial charge in [-0.25, -0.2) is 0 Å². The minimum absolute atomic E-state index is 0.0658. The van der Waals surface area contributed by atoms with Gasteiger partial charge >= 0.3 is 0 Å². The first kappa shape index (κ1) is 25.8. The largest absolute Gasteiger partial charge is 0.457 e. The highest BCUT2D eigenvalue weighted by Gasteiger charge is 2.72. The molecule has 3 amide bonds. The molecule has 4 aliphatic rings. The van der Waals surface area contributed by atoms with E-state index in [4.69, 9.17) is 27.9 Å². The molecule has 41 heavy (non-hydrogen) atoms. The highest BCUT2D eigenvalue weighted by atomic mass is 35.5. The SMILES string of the molecule is O=C(CCN1C(=O)[C@@H]2[C@H](C1=O)C1(Cl)c3ccccc3C2(Cl)c2ccccc21)Nc1ccc(Oc2ccccc2)cc1. The molecule has 2 atom stereocenters. The van der Waals surface area contributed by atoms with Gasteiger partial charge in [0.15, 0.2) is 0 Å². The number of hydrogen-bond acceptors (Lipinski definition) is 4. The highest BCUT2D eigenvalue weighted by molar-refractivity contribution is 6.36. The van der Waals surface area contributed by atoms with Crippen LogP contribution in [0.5, 0.6) is 11.5 Å². The molecule has 2 bridgehead atoms. The van der Waals surface area contributed by atoms with Crippen LogP contribution in [0.15, 0.2) is 103 Å². The second kappa shape index (κ2) is 9.47. The third kappa shape index (κ3) is 3.74. The summed E-state index contributed by atoms with van der Waals surface area (Å²) in [5, 5.41) is 2.83. The molecule has 0 aromatic heterocycles. The number of ether oxygens (including phenoxy) is 1. The fourth-order valence-corrected chi connectivity index (χ4v) is 7.71. The van der Waals surface area contributed by atoms with Crippen molar-refractivity contribution in [1.29, 1.82) is 0 Å². The van der Waals surface area contributed by atoms with Crippen LogP contribution in [0.2, 0.25) is 0 Å². The number of likely N-dealkylation sites (tertiary alicyclic amines) is 1. The average molecular weight is 583 g/mol. The topological polar surface area (TPSA) is 75.7 Å². The molecule has 0 radical (unpaired) electrons. The summed E-state index contributed by atoms with van der Waals surface area (Å²) in [4.78, 5) is 39.3. The summed E-state index contributed by atoms with van der Waals surface area (Å²) in [5.74, 6) is -1.54. The number of hydrogen-bond donors (Lipinski definition) is 1. The molecule has 8 heteroatoms. The molecule has 1 aliphatic heterocycles. The second-order valence-electron chi connectivity index (χ2n) is 10.5. The maximum atomic E-state index is 13.9. The van der Waals surface area contributed by atoms with Gasteiger partial charge in [0.2, 0.25) is 17.7 Å². The first-order chi connectivity index (χ1) is 19.8. The molecule has 3 aliphatic carbocycles. The number of carbonyl (C=O) groups is 3. The van der Waals surface area contributed by atoms with E-state index in [9.17, 15) is 14.4 Å². The van der Waals surface area contributed by atoms with E-state index in [0.717, 1.165) is 27.2 Å². The molecule has 4 aromatic carbocycles. The molecular weight excluding hydrogens is 559 g/mol. The van der Waals surface area contributed by atoms with Gasteiger partial charge in [-0.15, -0.1) is 23.2 Å². The van der Waals surface area contributed by atoms with Crippen molar-refractivity contribution in [3.8, 4) is 11.5 Å². The van der Waals surface area contributed by atoms with E-state index in [1.807, 2.05) is 78.9 Å². The predicted octanol–water partition coefficient (Wildman–Crippen LogP) is 6.40. The van der Waals surface area contributed by atoms with Crippen molar-refractivity contribution in [3.63, 3.8) is 0 Å². The summed E-state index contributed by atoms with van der Waals surface area (Å²) in [5.41, 5.74) is 3.56. The number of halogens is 2. The molecule has 8 rings (SSSR count). The molecular formula is C33H24Cl2N2O4. The van der Waals surface area contributed by atoms with Gasteiger partial charge in [0, 0.05) is 18.7 Å². The summed E-state index contributed by atoms with van der Waals surface area (Å²) in [6.07, 6.45) is -0.0658. The number of nitrogens with one attached hydrogen (secondary N) is 1. The third-order valence-corrected chi connectivity index (χ3v) is 9.64. The third-order valence-electron chi connectivity index (χ3n) is 8.36. The average Bonchev–Trinajstić information content (AvgIpc) is 3.26. The Bertz CT molecular complexity index is 1580. The number of amides is 3. The quantitative estimate of drug-likeness (QED) is 0.211. The van der Waals surface area contributed by atoms with E-state index in [0.29, 0.717) is 17.2 Å². The Kier molecular flexibility index (Phi) is 5.96. The van der Waals surface area contributed by atoms with Gasteiger partial charge in [-0.05, 0) is 58.7 Å². The molecule has 1 fully saturated rings. The van der Waals surface area contributed by atoms with Crippen LogP contribution >= 0.6 is 23.2 Å². The smallest absolute Gasteiger partial charge is 0.235 e. The minimum atomic E-state index is -1.23. The van der Waals surface area contributed by atoms with Crippen molar-refractivity contribution in [2.45, 2.75) is 16.2 Å². The van der Waals surface area contributed by atoms with Crippen molar-refractivity contribution in [2.75, 3.05) is 11.9 Å². The number of carbonyl (C=O) groups excluding carboxylic acids is 3. The maximum Gasteiger partial charge on any atom is 0.235 e. The summed E-state index contributed by atoms with van der Waals surface area (Å²) in [6, 6.07) is 31.4. The molecule has 0 unspecified atom stereocenters. The van der Waals surface area contributed by atoms with Gasteiger partial charge in [-0.1, -0.05) is 66.7 Å². The molecule has 1 saturated heterocycles. The Morgan fingerprint density at radius 1 is 0.683 bits per heavy atom. The molecule has 4 aromatic rings.